The Labute approximate surface area is 157 Å². The summed E-state index contributed by atoms with van der Waals surface area (Å²) < 4.78 is 41.6. The Morgan fingerprint density at radius 2 is 1.93 bits per heavy atom. The average Bonchev–Trinajstić information content (AvgIpc) is 3.21. The van der Waals surface area contributed by atoms with E-state index in [-0.39, 0.29) is 12.2 Å². The minimum atomic E-state index is -4.72. The van der Waals surface area contributed by atoms with Gasteiger partial charge in [-0.3, -0.25) is 4.79 Å². The van der Waals surface area contributed by atoms with Crippen molar-refractivity contribution in [2.45, 2.75) is 26.4 Å². The summed E-state index contributed by atoms with van der Waals surface area (Å²) in [6.07, 6.45) is -3.32. The molecule has 0 unspecified atom stereocenters. The topological polar surface area (TPSA) is 59.8 Å². The lowest BCUT2D eigenvalue weighted by Gasteiger charge is -2.13. The van der Waals surface area contributed by atoms with E-state index >= 15 is 0 Å². The summed E-state index contributed by atoms with van der Waals surface area (Å²) in [5.41, 5.74) is 0.356. The maximum Gasteiger partial charge on any atom is 0.434 e. The van der Waals surface area contributed by atoms with Crippen LogP contribution in [0.4, 0.5) is 13.2 Å². The van der Waals surface area contributed by atoms with Gasteiger partial charge in [0.25, 0.3) is 5.91 Å². The van der Waals surface area contributed by atoms with E-state index in [0.29, 0.717) is 6.42 Å². The molecule has 0 bridgehead atoms. The summed E-state index contributed by atoms with van der Waals surface area (Å²) in [5, 5.41) is 9.07. The van der Waals surface area contributed by atoms with Crippen molar-refractivity contribution in [3.8, 4) is 5.69 Å². The number of benzene rings is 1. The third kappa shape index (κ3) is 4.36. The Morgan fingerprint density at radius 1 is 1.22 bits per heavy atom. The van der Waals surface area contributed by atoms with Crippen molar-refractivity contribution in [2.24, 2.45) is 0 Å². The van der Waals surface area contributed by atoms with Crippen molar-refractivity contribution in [3.63, 3.8) is 0 Å². The van der Waals surface area contributed by atoms with Gasteiger partial charge in [-0.2, -0.15) is 18.3 Å². The zero-order chi connectivity index (χ0) is 19.6. The van der Waals surface area contributed by atoms with Crippen LogP contribution in [0.25, 0.3) is 5.69 Å². The first-order valence-corrected chi connectivity index (χ1v) is 9.05. The normalized spacial score (nSPS) is 11.6. The summed E-state index contributed by atoms with van der Waals surface area (Å²) in [6.45, 7) is 3.89. The smallest absolute Gasteiger partial charge is 0.352 e. The predicted molar refractivity (Wildman–Crippen MR) is 96.2 cm³/mol. The Hall–Kier alpha value is -2.68. The number of amides is 1. The van der Waals surface area contributed by atoms with Gasteiger partial charge in [-0.05, 0) is 26.0 Å². The minimum Gasteiger partial charge on any atom is -0.352 e. The number of halogens is 3. The largest absolute Gasteiger partial charge is 0.434 e. The molecule has 0 saturated heterocycles. The fourth-order valence-corrected chi connectivity index (χ4v) is 3.24. The SMILES string of the molecule is Cc1ccc(-n2ncc(C(=O)NCCc3csc(C)n3)c2C(F)(F)F)cc1. The van der Waals surface area contributed by atoms with Gasteiger partial charge in [0.05, 0.1) is 28.1 Å². The minimum absolute atomic E-state index is 0.189. The number of nitrogens with zero attached hydrogens (tertiary/aromatic N) is 3. The second-order valence-electron chi connectivity index (χ2n) is 6.02. The van der Waals surface area contributed by atoms with E-state index < -0.39 is 23.3 Å². The van der Waals surface area contributed by atoms with Crippen molar-refractivity contribution >= 4 is 17.2 Å². The molecule has 27 heavy (non-hydrogen) atoms. The zero-order valence-corrected chi connectivity index (χ0v) is 15.5. The van der Waals surface area contributed by atoms with E-state index in [1.165, 1.54) is 23.5 Å². The van der Waals surface area contributed by atoms with Crippen LogP contribution in [0.3, 0.4) is 0 Å². The molecular formula is C18H17F3N4OS. The molecule has 0 aliphatic carbocycles. The van der Waals surface area contributed by atoms with Gasteiger partial charge in [-0.15, -0.1) is 11.3 Å². The standard InChI is InChI=1S/C18H17F3N4OS/c1-11-3-5-14(6-4-11)25-16(18(19,20)21)15(9-23-25)17(26)22-8-7-13-10-27-12(2)24-13/h3-6,9-10H,7-8H2,1-2H3,(H,22,26). The lowest BCUT2D eigenvalue weighted by atomic mass is 10.2. The molecule has 3 rings (SSSR count). The highest BCUT2D eigenvalue weighted by atomic mass is 32.1. The fraction of sp³-hybridized carbons (Fsp3) is 0.278. The van der Waals surface area contributed by atoms with E-state index in [1.54, 1.807) is 12.1 Å². The lowest BCUT2D eigenvalue weighted by molar-refractivity contribution is -0.143. The molecular weight excluding hydrogens is 377 g/mol. The van der Waals surface area contributed by atoms with Gasteiger partial charge < -0.3 is 5.32 Å². The molecule has 0 spiro atoms. The lowest BCUT2D eigenvalue weighted by Crippen LogP contribution is -2.28. The Balaban J connectivity index is 1.82. The molecule has 0 atom stereocenters. The number of rotatable bonds is 5. The second-order valence-corrected chi connectivity index (χ2v) is 7.08. The highest BCUT2D eigenvalue weighted by Gasteiger charge is 2.40. The third-order valence-electron chi connectivity index (χ3n) is 3.89. The maximum absolute atomic E-state index is 13.6. The number of hydrogen-bond acceptors (Lipinski definition) is 4. The molecule has 3 aromatic rings. The van der Waals surface area contributed by atoms with Crippen LogP contribution in [0.15, 0.2) is 35.8 Å². The molecule has 142 valence electrons. The number of aryl methyl sites for hydroxylation is 2. The van der Waals surface area contributed by atoms with Gasteiger partial charge in [0.2, 0.25) is 0 Å². The van der Waals surface area contributed by atoms with Gasteiger partial charge >= 0.3 is 6.18 Å². The molecule has 1 amide bonds. The van der Waals surface area contributed by atoms with Crippen molar-refractivity contribution in [1.29, 1.82) is 0 Å². The van der Waals surface area contributed by atoms with E-state index in [1.807, 2.05) is 19.2 Å². The van der Waals surface area contributed by atoms with Crippen molar-refractivity contribution < 1.29 is 18.0 Å². The number of thiazole rings is 1. The Bertz CT molecular complexity index is 944. The average molecular weight is 394 g/mol. The highest BCUT2D eigenvalue weighted by molar-refractivity contribution is 7.09. The quantitative estimate of drug-likeness (QED) is 0.713. The van der Waals surface area contributed by atoms with E-state index in [2.05, 4.69) is 15.4 Å². The monoisotopic (exact) mass is 394 g/mol. The zero-order valence-electron chi connectivity index (χ0n) is 14.7. The number of alkyl halides is 3. The van der Waals surface area contributed by atoms with Crippen molar-refractivity contribution in [2.75, 3.05) is 6.54 Å². The fourth-order valence-electron chi connectivity index (χ4n) is 2.59. The van der Waals surface area contributed by atoms with Crippen LogP contribution >= 0.6 is 11.3 Å². The summed E-state index contributed by atoms with van der Waals surface area (Å²) >= 11 is 1.48. The second kappa shape index (κ2) is 7.51. The number of hydrogen-bond donors (Lipinski definition) is 1. The number of aromatic nitrogens is 3. The van der Waals surface area contributed by atoms with E-state index in [9.17, 15) is 18.0 Å². The van der Waals surface area contributed by atoms with Gasteiger partial charge in [-0.1, -0.05) is 17.7 Å². The van der Waals surface area contributed by atoms with Gasteiger partial charge in [0.15, 0.2) is 5.69 Å². The number of nitrogens with one attached hydrogen (secondary N) is 1. The van der Waals surface area contributed by atoms with E-state index in [4.69, 9.17) is 0 Å². The van der Waals surface area contributed by atoms with E-state index in [0.717, 1.165) is 27.1 Å². The first-order chi connectivity index (χ1) is 12.8. The highest BCUT2D eigenvalue weighted by Crippen LogP contribution is 2.33. The molecule has 0 saturated carbocycles. The van der Waals surface area contributed by atoms with Gasteiger partial charge in [-0.25, -0.2) is 9.67 Å². The number of carbonyl (C=O) groups excluding carboxylic acids is 1. The first-order valence-electron chi connectivity index (χ1n) is 8.17. The summed E-state index contributed by atoms with van der Waals surface area (Å²) in [5.74, 6) is -0.812. The third-order valence-corrected chi connectivity index (χ3v) is 4.72. The Morgan fingerprint density at radius 3 is 2.52 bits per heavy atom. The molecule has 0 radical (unpaired) electrons. The Kier molecular flexibility index (Phi) is 5.31. The van der Waals surface area contributed by atoms with Crippen molar-refractivity contribution in [1.82, 2.24) is 20.1 Å². The molecule has 1 aromatic carbocycles. The van der Waals surface area contributed by atoms with Crippen LogP contribution in [-0.4, -0.2) is 27.2 Å². The van der Waals surface area contributed by atoms with Crippen LogP contribution in [0.1, 0.15) is 32.3 Å². The molecule has 5 nitrogen and oxygen atoms in total. The summed E-state index contributed by atoms with van der Waals surface area (Å²) in [4.78, 5) is 16.6. The van der Waals surface area contributed by atoms with Crippen LogP contribution in [0, 0.1) is 13.8 Å². The first kappa shape index (κ1) is 19.1. The van der Waals surface area contributed by atoms with Crippen molar-refractivity contribution in [3.05, 3.63) is 63.4 Å². The summed E-state index contributed by atoms with van der Waals surface area (Å²) in [6, 6.07) is 6.44. The maximum atomic E-state index is 13.6. The molecule has 2 heterocycles. The van der Waals surface area contributed by atoms with Crippen LogP contribution in [0.5, 0.6) is 0 Å². The predicted octanol–water partition coefficient (Wildman–Crippen LogP) is 3.94. The van der Waals surface area contributed by atoms with Crippen LogP contribution < -0.4 is 5.32 Å². The number of carbonyl (C=O) groups is 1. The van der Waals surface area contributed by atoms with Gasteiger partial charge in [0.1, 0.15) is 0 Å². The van der Waals surface area contributed by atoms with Crippen LogP contribution in [0.2, 0.25) is 0 Å². The molecule has 9 heteroatoms. The van der Waals surface area contributed by atoms with Crippen LogP contribution in [-0.2, 0) is 12.6 Å². The van der Waals surface area contributed by atoms with Gasteiger partial charge in [0, 0.05) is 18.3 Å². The molecule has 1 N–H and O–H groups in total. The molecule has 2 aromatic heterocycles. The summed E-state index contributed by atoms with van der Waals surface area (Å²) in [7, 11) is 0. The molecule has 0 aliphatic heterocycles. The molecule has 0 aliphatic rings. The molecule has 0 fully saturated rings.